The van der Waals surface area contributed by atoms with Crippen molar-refractivity contribution in [3.05, 3.63) is 40.7 Å². The van der Waals surface area contributed by atoms with Gasteiger partial charge in [0.05, 0.1) is 6.61 Å². The molecule has 0 bridgehead atoms. The van der Waals surface area contributed by atoms with Crippen LogP contribution in [0.4, 0.5) is 4.39 Å². The van der Waals surface area contributed by atoms with Gasteiger partial charge in [0.25, 0.3) is 0 Å². The van der Waals surface area contributed by atoms with E-state index in [2.05, 4.69) is 0 Å². The third-order valence-corrected chi connectivity index (χ3v) is 2.25. The Hall–Kier alpha value is -1.15. The average molecular weight is 194 g/mol. The van der Waals surface area contributed by atoms with Gasteiger partial charge >= 0.3 is 0 Å². The number of aliphatic hydroxyl groups is 1. The highest BCUT2D eigenvalue weighted by atomic mass is 19.1. The van der Waals surface area contributed by atoms with Crippen LogP contribution >= 0.6 is 0 Å². The summed E-state index contributed by atoms with van der Waals surface area (Å²) >= 11 is 0. The smallest absolute Gasteiger partial charge is 0.123 e. The molecular weight excluding hydrogens is 179 g/mol. The maximum absolute atomic E-state index is 12.8. The van der Waals surface area contributed by atoms with Crippen molar-refractivity contribution in [1.82, 2.24) is 0 Å². The SMILES string of the molecule is CCC(=Cc1ccc(F)cc1C)CO. The molecule has 0 aliphatic rings. The summed E-state index contributed by atoms with van der Waals surface area (Å²) in [5.74, 6) is -0.221. The fourth-order valence-electron chi connectivity index (χ4n) is 1.28. The lowest BCUT2D eigenvalue weighted by molar-refractivity contribution is 0.329. The first kappa shape index (κ1) is 10.9. The number of hydrogen-bond acceptors (Lipinski definition) is 1. The van der Waals surface area contributed by atoms with E-state index in [0.29, 0.717) is 0 Å². The Kier molecular flexibility index (Phi) is 3.84. The van der Waals surface area contributed by atoms with E-state index in [9.17, 15) is 4.39 Å². The summed E-state index contributed by atoms with van der Waals surface area (Å²) in [7, 11) is 0. The van der Waals surface area contributed by atoms with Crippen molar-refractivity contribution >= 4 is 6.08 Å². The summed E-state index contributed by atoms with van der Waals surface area (Å²) in [6, 6.07) is 4.66. The van der Waals surface area contributed by atoms with Crippen molar-refractivity contribution in [1.29, 1.82) is 0 Å². The topological polar surface area (TPSA) is 20.2 Å². The molecule has 0 amide bonds. The van der Waals surface area contributed by atoms with Crippen molar-refractivity contribution in [2.75, 3.05) is 6.61 Å². The summed E-state index contributed by atoms with van der Waals surface area (Å²) in [4.78, 5) is 0. The van der Waals surface area contributed by atoms with E-state index >= 15 is 0 Å². The zero-order chi connectivity index (χ0) is 10.6. The Morgan fingerprint density at radius 3 is 2.71 bits per heavy atom. The van der Waals surface area contributed by atoms with E-state index < -0.39 is 0 Å². The minimum Gasteiger partial charge on any atom is -0.392 e. The van der Waals surface area contributed by atoms with E-state index in [4.69, 9.17) is 5.11 Å². The molecule has 1 rings (SSSR count). The molecule has 1 N–H and O–H groups in total. The Bertz CT molecular complexity index is 336. The normalized spacial score (nSPS) is 11.9. The highest BCUT2D eigenvalue weighted by Gasteiger charge is 1.98. The molecule has 76 valence electrons. The number of hydrogen-bond donors (Lipinski definition) is 1. The second kappa shape index (κ2) is 4.91. The van der Waals surface area contributed by atoms with E-state index in [1.54, 1.807) is 6.07 Å². The first-order valence-electron chi connectivity index (χ1n) is 4.73. The van der Waals surface area contributed by atoms with Crippen LogP contribution in [-0.4, -0.2) is 11.7 Å². The Morgan fingerprint density at radius 2 is 2.21 bits per heavy atom. The zero-order valence-electron chi connectivity index (χ0n) is 8.55. The molecule has 0 spiro atoms. The largest absolute Gasteiger partial charge is 0.392 e. The van der Waals surface area contributed by atoms with Crippen LogP contribution in [-0.2, 0) is 0 Å². The van der Waals surface area contributed by atoms with E-state index in [1.807, 2.05) is 19.9 Å². The van der Waals surface area contributed by atoms with Gasteiger partial charge in [0.2, 0.25) is 0 Å². The van der Waals surface area contributed by atoms with Crippen molar-refractivity contribution in [2.45, 2.75) is 20.3 Å². The molecule has 0 atom stereocenters. The molecule has 0 unspecified atom stereocenters. The minimum atomic E-state index is -0.221. The molecule has 2 heteroatoms. The van der Waals surface area contributed by atoms with Crippen molar-refractivity contribution in [2.24, 2.45) is 0 Å². The summed E-state index contributed by atoms with van der Waals surface area (Å²) in [5.41, 5.74) is 2.82. The van der Waals surface area contributed by atoms with Crippen LogP contribution in [0.5, 0.6) is 0 Å². The molecule has 0 aromatic heterocycles. The number of aliphatic hydroxyl groups excluding tert-OH is 1. The lowest BCUT2D eigenvalue weighted by Crippen LogP contribution is -1.90. The lowest BCUT2D eigenvalue weighted by atomic mass is 10.0. The minimum absolute atomic E-state index is 0.0628. The van der Waals surface area contributed by atoms with Crippen LogP contribution in [0.15, 0.2) is 23.8 Å². The molecule has 0 fully saturated rings. The standard InChI is InChI=1S/C12H15FO/c1-3-10(8-14)7-11-4-5-12(13)6-9(11)2/h4-7,14H,3,8H2,1-2H3. The molecule has 1 aromatic carbocycles. The van der Waals surface area contributed by atoms with Gasteiger partial charge in [-0.05, 0) is 42.2 Å². The third kappa shape index (κ3) is 2.67. The van der Waals surface area contributed by atoms with Gasteiger partial charge in [-0.15, -0.1) is 0 Å². The second-order valence-corrected chi connectivity index (χ2v) is 3.32. The molecule has 14 heavy (non-hydrogen) atoms. The van der Waals surface area contributed by atoms with Gasteiger partial charge in [-0.25, -0.2) is 4.39 Å². The van der Waals surface area contributed by atoms with Crippen LogP contribution < -0.4 is 0 Å². The van der Waals surface area contributed by atoms with E-state index in [1.165, 1.54) is 12.1 Å². The van der Waals surface area contributed by atoms with Crippen LogP contribution in [0, 0.1) is 12.7 Å². The van der Waals surface area contributed by atoms with Crippen molar-refractivity contribution in [3.63, 3.8) is 0 Å². The van der Waals surface area contributed by atoms with Gasteiger partial charge in [-0.3, -0.25) is 0 Å². The first-order chi connectivity index (χ1) is 6.67. The highest BCUT2D eigenvalue weighted by Crippen LogP contribution is 2.15. The van der Waals surface area contributed by atoms with E-state index in [0.717, 1.165) is 23.1 Å². The Morgan fingerprint density at radius 1 is 1.50 bits per heavy atom. The quantitative estimate of drug-likeness (QED) is 0.784. The van der Waals surface area contributed by atoms with Gasteiger partial charge in [0.1, 0.15) is 5.82 Å². The van der Waals surface area contributed by atoms with Crippen molar-refractivity contribution in [3.8, 4) is 0 Å². The maximum atomic E-state index is 12.8. The van der Waals surface area contributed by atoms with Gasteiger partial charge in [0.15, 0.2) is 0 Å². The van der Waals surface area contributed by atoms with Crippen LogP contribution in [0.25, 0.3) is 6.08 Å². The molecule has 0 aliphatic carbocycles. The monoisotopic (exact) mass is 194 g/mol. The first-order valence-corrected chi connectivity index (χ1v) is 4.73. The molecular formula is C12H15FO. The number of rotatable bonds is 3. The Balaban J connectivity index is 3.02. The van der Waals surface area contributed by atoms with Crippen LogP contribution in [0.2, 0.25) is 0 Å². The van der Waals surface area contributed by atoms with E-state index in [-0.39, 0.29) is 12.4 Å². The summed E-state index contributed by atoms with van der Waals surface area (Å²) < 4.78 is 12.8. The second-order valence-electron chi connectivity index (χ2n) is 3.32. The number of halogens is 1. The fraction of sp³-hybridized carbons (Fsp3) is 0.333. The Labute approximate surface area is 83.9 Å². The summed E-state index contributed by atoms with van der Waals surface area (Å²) in [6.07, 6.45) is 2.72. The number of aryl methyl sites for hydroxylation is 1. The van der Waals surface area contributed by atoms with Crippen LogP contribution in [0.3, 0.4) is 0 Å². The predicted molar refractivity (Wildman–Crippen MR) is 56.5 cm³/mol. The highest BCUT2D eigenvalue weighted by molar-refractivity contribution is 5.56. The third-order valence-electron chi connectivity index (χ3n) is 2.25. The molecule has 1 aromatic rings. The molecule has 0 saturated heterocycles. The molecule has 0 heterocycles. The lowest BCUT2D eigenvalue weighted by Gasteiger charge is -2.03. The average Bonchev–Trinajstić information content (AvgIpc) is 2.17. The van der Waals surface area contributed by atoms with Gasteiger partial charge in [-0.2, -0.15) is 0 Å². The fourth-order valence-corrected chi connectivity index (χ4v) is 1.28. The van der Waals surface area contributed by atoms with Gasteiger partial charge < -0.3 is 5.11 Å². The van der Waals surface area contributed by atoms with Crippen LogP contribution in [0.1, 0.15) is 24.5 Å². The predicted octanol–water partition coefficient (Wildman–Crippen LogP) is 2.92. The molecule has 1 nitrogen and oxygen atoms in total. The molecule has 0 saturated carbocycles. The zero-order valence-corrected chi connectivity index (χ0v) is 8.55. The maximum Gasteiger partial charge on any atom is 0.123 e. The molecule has 0 aliphatic heterocycles. The summed E-state index contributed by atoms with van der Waals surface area (Å²) in [6.45, 7) is 3.91. The van der Waals surface area contributed by atoms with Gasteiger partial charge in [-0.1, -0.05) is 19.1 Å². The molecule has 0 radical (unpaired) electrons. The van der Waals surface area contributed by atoms with Gasteiger partial charge in [0, 0.05) is 0 Å². The number of benzene rings is 1. The summed E-state index contributed by atoms with van der Waals surface area (Å²) in [5, 5.41) is 8.99. The van der Waals surface area contributed by atoms with Crippen molar-refractivity contribution < 1.29 is 9.50 Å².